The molecule has 2 N–H and O–H groups in total. The van der Waals surface area contributed by atoms with Crippen molar-refractivity contribution in [3.63, 3.8) is 0 Å². The Hall–Kier alpha value is -2.14. The first-order valence-electron chi connectivity index (χ1n) is 8.07. The van der Waals surface area contributed by atoms with Crippen LogP contribution in [0.2, 0.25) is 0 Å². The number of aliphatic hydroxyl groups excluding tert-OH is 1. The lowest BCUT2D eigenvalue weighted by Crippen LogP contribution is -2.52. The second-order valence-corrected chi connectivity index (χ2v) is 4.76. The lowest BCUT2D eigenvalue weighted by molar-refractivity contribution is -0.577. The minimum Gasteiger partial charge on any atom is -0.512 e. The lowest BCUT2D eigenvalue weighted by Gasteiger charge is -2.38. The number of hydrogen-bond donors (Lipinski definition) is 2. The molecule has 0 saturated carbocycles. The molecule has 0 aromatic heterocycles. The van der Waals surface area contributed by atoms with E-state index in [1.807, 2.05) is 0 Å². The molecule has 1 rings (SSSR count). The van der Waals surface area contributed by atoms with E-state index in [1.54, 1.807) is 29.2 Å². The van der Waals surface area contributed by atoms with Crippen molar-refractivity contribution in [2.75, 3.05) is 46.4 Å². The van der Waals surface area contributed by atoms with Crippen molar-refractivity contribution in [1.29, 1.82) is 0 Å². The van der Waals surface area contributed by atoms with Crippen molar-refractivity contribution in [3.05, 3.63) is 37.3 Å². The fourth-order valence-electron chi connectivity index (χ4n) is 1.66. The Morgan fingerprint density at radius 1 is 0.857 bits per heavy atom. The van der Waals surface area contributed by atoms with Gasteiger partial charge in [0.2, 0.25) is 0 Å². The van der Waals surface area contributed by atoms with Crippen molar-refractivity contribution >= 4 is 0 Å². The zero-order valence-corrected chi connectivity index (χ0v) is 15.3. The van der Waals surface area contributed by atoms with E-state index in [2.05, 4.69) is 14.8 Å². The third-order valence-corrected chi connectivity index (χ3v) is 2.64. The van der Waals surface area contributed by atoms with E-state index in [0.29, 0.717) is 12.9 Å². The van der Waals surface area contributed by atoms with Crippen LogP contribution in [0.5, 0.6) is 0 Å². The summed E-state index contributed by atoms with van der Waals surface area (Å²) in [6.07, 6.45) is 7.43. The Morgan fingerprint density at radius 3 is 2.36 bits per heavy atom. The predicted octanol–water partition coefficient (Wildman–Crippen LogP) is 0.925. The van der Waals surface area contributed by atoms with Crippen molar-refractivity contribution in [1.82, 2.24) is 15.0 Å². The molecule has 1 aliphatic heterocycles. The van der Waals surface area contributed by atoms with Crippen molar-refractivity contribution in [2.24, 2.45) is 0 Å². The zero-order chi connectivity index (χ0) is 20.3. The van der Waals surface area contributed by atoms with Gasteiger partial charge in [-0.3, -0.25) is 10.1 Å². The smallest absolute Gasteiger partial charge is 0.167 e. The molecule has 0 aromatic carbocycles. The van der Waals surface area contributed by atoms with Gasteiger partial charge in [-0.2, -0.15) is 14.8 Å². The van der Waals surface area contributed by atoms with Gasteiger partial charge < -0.3 is 24.7 Å². The van der Waals surface area contributed by atoms with Crippen molar-refractivity contribution in [2.45, 2.75) is 6.92 Å². The molecule has 0 spiro atoms. The normalized spacial score (nSPS) is 16.6. The molecule has 0 atom stereocenters. The van der Waals surface area contributed by atoms with Crippen LogP contribution >= 0.6 is 0 Å². The van der Waals surface area contributed by atoms with E-state index in [9.17, 15) is 0 Å². The summed E-state index contributed by atoms with van der Waals surface area (Å²) >= 11 is 0. The highest BCUT2D eigenvalue weighted by atomic mass is 17.5. The molecule has 162 valence electrons. The summed E-state index contributed by atoms with van der Waals surface area (Å²) in [6.45, 7) is 3.04. The van der Waals surface area contributed by atoms with Crippen LogP contribution in [-0.4, -0.2) is 71.8 Å². The average Bonchev–Trinajstić information content (AvgIpc) is 2.70. The topological polar surface area (TPSA) is 133 Å². The first-order chi connectivity index (χ1) is 13.8. The van der Waals surface area contributed by atoms with E-state index in [4.69, 9.17) is 39.7 Å². The molecular formula is C14H25N3O11. The maximum absolute atomic E-state index is 8.46. The molecule has 1 heterocycles. The van der Waals surface area contributed by atoms with Gasteiger partial charge in [0.05, 0.1) is 13.3 Å². The second-order valence-electron chi connectivity index (χ2n) is 4.76. The molecule has 14 nitrogen and oxygen atoms in total. The highest BCUT2D eigenvalue weighted by Crippen LogP contribution is 2.10. The van der Waals surface area contributed by atoms with Gasteiger partial charge in [-0.25, -0.2) is 4.89 Å². The van der Waals surface area contributed by atoms with Gasteiger partial charge in [0, 0.05) is 11.2 Å². The zero-order valence-electron chi connectivity index (χ0n) is 15.3. The average molecular weight is 411 g/mol. The van der Waals surface area contributed by atoms with E-state index in [-0.39, 0.29) is 39.8 Å². The largest absolute Gasteiger partial charge is 0.512 e. The van der Waals surface area contributed by atoms with Gasteiger partial charge >= 0.3 is 0 Å². The predicted molar refractivity (Wildman–Crippen MR) is 87.7 cm³/mol. The fraction of sp³-hybridized carbons (Fsp3) is 0.571. The third kappa shape index (κ3) is 12.3. The maximum atomic E-state index is 8.46. The van der Waals surface area contributed by atoms with Crippen LogP contribution in [0.15, 0.2) is 37.3 Å². The van der Waals surface area contributed by atoms with Gasteiger partial charge in [-0.1, -0.05) is 4.99 Å². The highest BCUT2D eigenvalue weighted by molar-refractivity contribution is 4.75. The van der Waals surface area contributed by atoms with Gasteiger partial charge in [0.15, 0.2) is 6.26 Å². The number of rotatable bonds is 16. The molecule has 0 amide bonds. The highest BCUT2D eigenvalue weighted by Gasteiger charge is 2.24. The fourth-order valence-corrected chi connectivity index (χ4v) is 1.66. The molecule has 14 heteroatoms. The van der Waals surface area contributed by atoms with Gasteiger partial charge in [-0.05, 0) is 13.0 Å². The summed E-state index contributed by atoms with van der Waals surface area (Å²) in [5.41, 5.74) is 0. The molecule has 0 aliphatic carbocycles. The molecule has 0 radical (unpaired) electrons. The second kappa shape index (κ2) is 17.0. The summed E-state index contributed by atoms with van der Waals surface area (Å²) in [6, 6.07) is 0. The first-order valence-corrected chi connectivity index (χ1v) is 8.07. The molecule has 0 unspecified atom stereocenters. The molecule has 1 aliphatic rings. The monoisotopic (exact) mass is 411 g/mol. The summed E-state index contributed by atoms with van der Waals surface area (Å²) in [5.74, 6) is 0. The van der Waals surface area contributed by atoms with Crippen molar-refractivity contribution in [3.8, 4) is 0 Å². The molecule has 28 heavy (non-hydrogen) atoms. The summed E-state index contributed by atoms with van der Waals surface area (Å²) in [4.78, 5) is 39.6. The molecular weight excluding hydrogens is 386 g/mol. The Balaban J connectivity index is 2.39. The van der Waals surface area contributed by atoms with Crippen molar-refractivity contribution < 1.29 is 54.6 Å². The molecule has 0 bridgehead atoms. The van der Waals surface area contributed by atoms with Gasteiger partial charge in [-0.15, -0.1) is 5.06 Å². The number of nitrogens with zero attached hydrogens (tertiary/aromatic N) is 3. The van der Waals surface area contributed by atoms with E-state index < -0.39 is 0 Å². The summed E-state index contributed by atoms with van der Waals surface area (Å²) in [5, 5.41) is 24.0. The molecule has 0 aromatic rings. The lowest BCUT2D eigenvalue weighted by atomic mass is 10.6. The Bertz CT molecular complexity index is 452. The van der Waals surface area contributed by atoms with E-state index >= 15 is 0 Å². The first kappa shape index (κ1) is 23.9. The summed E-state index contributed by atoms with van der Waals surface area (Å²) < 4.78 is 0. The molecule has 1 saturated heterocycles. The number of aliphatic hydroxyl groups is 1. The van der Waals surface area contributed by atoms with Crippen LogP contribution in [0.1, 0.15) is 6.92 Å². The van der Waals surface area contributed by atoms with Gasteiger partial charge in [0.1, 0.15) is 51.9 Å². The Morgan fingerprint density at radius 2 is 1.61 bits per heavy atom. The van der Waals surface area contributed by atoms with Crippen LogP contribution in [0.25, 0.3) is 0 Å². The maximum Gasteiger partial charge on any atom is 0.167 e. The SMILES string of the molecule is C/C=C\OOCCON1CN(/C=C\OOCCOO)CN(OOO/C=C/O)C1. The van der Waals surface area contributed by atoms with Crippen LogP contribution in [-0.2, 0) is 44.2 Å². The van der Waals surface area contributed by atoms with Gasteiger partial charge in [0.25, 0.3) is 0 Å². The van der Waals surface area contributed by atoms with Crippen LogP contribution in [0.4, 0.5) is 0 Å². The van der Waals surface area contributed by atoms with E-state index in [1.165, 1.54) is 17.6 Å². The molecule has 1 fully saturated rings. The third-order valence-electron chi connectivity index (χ3n) is 2.64. The van der Waals surface area contributed by atoms with Crippen LogP contribution in [0, 0.1) is 0 Å². The summed E-state index contributed by atoms with van der Waals surface area (Å²) in [7, 11) is 0. The van der Waals surface area contributed by atoms with Crippen LogP contribution < -0.4 is 0 Å². The Kier molecular flexibility index (Phi) is 14.5. The number of hydroxylamine groups is 4. The standard InChI is InChI=1S/C14H25N3O11/c1-2-5-22-24-10-8-20-16-12-15(3-6-23-25-11-9-21-19)13-17(14-16)27-28-26-7-4-18/h2-7,18-19H,8-14H2,1H3/b5-2-,6-3-,7-4+. The number of hydrogen-bond acceptors (Lipinski definition) is 14. The van der Waals surface area contributed by atoms with E-state index in [0.717, 1.165) is 6.26 Å². The Labute approximate surface area is 161 Å². The van der Waals surface area contributed by atoms with Crippen LogP contribution in [0.3, 0.4) is 0 Å². The number of allylic oxidation sites excluding steroid dienone is 1. The minimum atomic E-state index is -0.0275. The quantitative estimate of drug-likeness (QED) is 0.161. The minimum absolute atomic E-state index is 0.0275.